The number of hydrogen-bond acceptors (Lipinski definition) is 2. The number of rotatable bonds is 3. The first-order valence-electron chi connectivity index (χ1n) is 7.64. The summed E-state index contributed by atoms with van der Waals surface area (Å²) < 4.78 is 0. The quantitative estimate of drug-likeness (QED) is 0.821. The summed E-state index contributed by atoms with van der Waals surface area (Å²) in [6.45, 7) is 14.5. The van der Waals surface area contributed by atoms with Crippen molar-refractivity contribution < 1.29 is 15.0 Å². The van der Waals surface area contributed by atoms with Crippen molar-refractivity contribution in [1.82, 2.24) is 0 Å². The fourth-order valence-corrected chi connectivity index (χ4v) is 3.40. The fourth-order valence-electron chi connectivity index (χ4n) is 3.40. The van der Waals surface area contributed by atoms with Gasteiger partial charge in [0.15, 0.2) is 0 Å². The van der Waals surface area contributed by atoms with E-state index in [1.54, 1.807) is 0 Å². The van der Waals surface area contributed by atoms with Gasteiger partial charge >= 0.3 is 5.97 Å². The second-order valence-corrected chi connectivity index (χ2v) is 8.43. The third-order valence-corrected chi connectivity index (χ3v) is 4.23. The van der Waals surface area contributed by atoms with Crippen molar-refractivity contribution in [2.45, 2.75) is 66.9 Å². The van der Waals surface area contributed by atoms with Gasteiger partial charge < -0.3 is 10.2 Å². The summed E-state index contributed by atoms with van der Waals surface area (Å²) in [5.41, 5.74) is 0.841. The Morgan fingerprint density at radius 3 is 2.14 bits per heavy atom. The van der Waals surface area contributed by atoms with E-state index in [0.717, 1.165) is 11.1 Å². The first-order chi connectivity index (χ1) is 9.26. The molecule has 0 spiro atoms. The second kappa shape index (κ2) is 5.60. The third kappa shape index (κ3) is 4.19. The van der Waals surface area contributed by atoms with E-state index in [1.165, 1.54) is 0 Å². The summed E-state index contributed by atoms with van der Waals surface area (Å²) in [7, 11) is 0. The SMILES string of the molecule is CC(C)(C)C1=CC(CCC(=O)O)=CC(C(C)(C)C)C1(C)O. The molecule has 2 atom stereocenters. The largest absolute Gasteiger partial charge is 0.481 e. The molecule has 2 unspecified atom stereocenters. The number of carboxylic acids is 1. The minimum atomic E-state index is -0.913. The highest BCUT2D eigenvalue weighted by Gasteiger charge is 2.46. The Bertz CT molecular complexity index is 468. The first-order valence-corrected chi connectivity index (χ1v) is 7.64. The minimum Gasteiger partial charge on any atom is -0.481 e. The summed E-state index contributed by atoms with van der Waals surface area (Å²) >= 11 is 0. The highest BCUT2D eigenvalue weighted by Crippen LogP contribution is 2.48. The van der Waals surface area contributed by atoms with E-state index in [4.69, 9.17) is 5.11 Å². The maximum atomic E-state index is 11.1. The van der Waals surface area contributed by atoms with E-state index in [-0.39, 0.29) is 23.2 Å². The molecule has 2 N–H and O–H groups in total. The molecule has 3 nitrogen and oxygen atoms in total. The van der Waals surface area contributed by atoms with Crippen molar-refractivity contribution in [2.24, 2.45) is 16.7 Å². The summed E-state index contributed by atoms with van der Waals surface area (Å²) in [6, 6.07) is 0. The van der Waals surface area contributed by atoms with Crippen molar-refractivity contribution in [3.63, 3.8) is 0 Å². The minimum absolute atomic E-state index is 0.0342. The fraction of sp³-hybridized carbons (Fsp3) is 0.722. The van der Waals surface area contributed by atoms with Crippen molar-refractivity contribution in [3.05, 3.63) is 23.3 Å². The van der Waals surface area contributed by atoms with Crippen LogP contribution in [-0.2, 0) is 4.79 Å². The summed E-state index contributed by atoms with van der Waals surface area (Å²) in [5, 5.41) is 20.0. The molecule has 3 heteroatoms. The van der Waals surface area contributed by atoms with E-state index in [2.05, 4.69) is 47.6 Å². The maximum absolute atomic E-state index is 11.1. The normalized spacial score (nSPS) is 27.1. The molecule has 0 saturated heterocycles. The zero-order valence-electron chi connectivity index (χ0n) is 14.4. The molecular formula is C18H30O3. The molecule has 21 heavy (non-hydrogen) atoms. The van der Waals surface area contributed by atoms with Crippen LogP contribution in [0.2, 0.25) is 0 Å². The van der Waals surface area contributed by atoms with Crippen LogP contribution < -0.4 is 0 Å². The van der Waals surface area contributed by atoms with E-state index < -0.39 is 11.6 Å². The molecule has 0 amide bonds. The van der Waals surface area contributed by atoms with Crippen LogP contribution in [0.15, 0.2) is 23.3 Å². The summed E-state index contributed by atoms with van der Waals surface area (Å²) in [4.78, 5) is 10.8. The van der Waals surface area contributed by atoms with Gasteiger partial charge in [-0.15, -0.1) is 0 Å². The molecule has 1 aliphatic rings. The molecule has 1 aliphatic carbocycles. The van der Waals surface area contributed by atoms with Crippen LogP contribution in [-0.4, -0.2) is 21.8 Å². The van der Waals surface area contributed by atoms with Crippen molar-refractivity contribution >= 4 is 5.97 Å². The van der Waals surface area contributed by atoms with Gasteiger partial charge in [-0.05, 0) is 29.7 Å². The van der Waals surface area contributed by atoms with Crippen LogP contribution >= 0.6 is 0 Å². The Morgan fingerprint density at radius 1 is 1.24 bits per heavy atom. The molecule has 120 valence electrons. The van der Waals surface area contributed by atoms with Crippen molar-refractivity contribution in [1.29, 1.82) is 0 Å². The molecule has 1 rings (SSSR count). The van der Waals surface area contributed by atoms with Crippen LogP contribution in [0, 0.1) is 16.7 Å². The predicted molar refractivity (Wildman–Crippen MR) is 86.1 cm³/mol. The number of aliphatic hydroxyl groups is 1. The second-order valence-electron chi connectivity index (χ2n) is 8.43. The highest BCUT2D eigenvalue weighted by molar-refractivity contribution is 5.67. The molecule has 0 radical (unpaired) electrons. The predicted octanol–water partition coefficient (Wildman–Crippen LogP) is 4.18. The smallest absolute Gasteiger partial charge is 0.303 e. The Hall–Kier alpha value is -1.09. The number of aliphatic carboxylic acids is 1. The van der Waals surface area contributed by atoms with E-state index >= 15 is 0 Å². The average Bonchev–Trinajstić information content (AvgIpc) is 2.23. The van der Waals surface area contributed by atoms with Crippen molar-refractivity contribution in [3.8, 4) is 0 Å². The summed E-state index contributed by atoms with van der Waals surface area (Å²) in [6.07, 6.45) is 4.71. The molecule has 0 heterocycles. The maximum Gasteiger partial charge on any atom is 0.303 e. The van der Waals surface area contributed by atoms with Gasteiger partial charge in [-0.2, -0.15) is 0 Å². The van der Waals surface area contributed by atoms with E-state index in [1.807, 2.05) is 13.0 Å². The molecule has 0 aromatic rings. The van der Waals surface area contributed by atoms with E-state index in [0.29, 0.717) is 6.42 Å². The summed E-state index contributed by atoms with van der Waals surface area (Å²) in [5.74, 6) is -0.820. The Kier molecular flexibility index (Phi) is 4.79. The van der Waals surface area contributed by atoms with Gasteiger partial charge in [0.05, 0.1) is 5.60 Å². The van der Waals surface area contributed by atoms with Gasteiger partial charge in [-0.1, -0.05) is 59.3 Å². The van der Waals surface area contributed by atoms with Crippen LogP contribution in [0.4, 0.5) is 0 Å². The molecule has 0 fully saturated rings. The number of allylic oxidation sites excluding steroid dienone is 2. The van der Waals surface area contributed by atoms with Crippen LogP contribution in [0.25, 0.3) is 0 Å². The molecular weight excluding hydrogens is 264 g/mol. The lowest BCUT2D eigenvalue weighted by Crippen LogP contribution is -2.47. The van der Waals surface area contributed by atoms with Gasteiger partial charge in [0, 0.05) is 12.3 Å². The topological polar surface area (TPSA) is 57.5 Å². The van der Waals surface area contributed by atoms with Gasteiger partial charge in [0.1, 0.15) is 0 Å². The molecule has 0 saturated carbocycles. The van der Waals surface area contributed by atoms with Gasteiger partial charge in [0.25, 0.3) is 0 Å². The molecule has 0 aromatic heterocycles. The van der Waals surface area contributed by atoms with Crippen LogP contribution in [0.3, 0.4) is 0 Å². The molecule has 0 aromatic carbocycles. The number of hydrogen-bond donors (Lipinski definition) is 2. The average molecular weight is 294 g/mol. The zero-order chi connectivity index (χ0) is 16.6. The van der Waals surface area contributed by atoms with Gasteiger partial charge in [0.2, 0.25) is 0 Å². The third-order valence-electron chi connectivity index (χ3n) is 4.23. The van der Waals surface area contributed by atoms with Gasteiger partial charge in [-0.3, -0.25) is 4.79 Å². The highest BCUT2D eigenvalue weighted by atomic mass is 16.4. The first kappa shape index (κ1) is 18.0. The Labute approximate surface area is 128 Å². The van der Waals surface area contributed by atoms with E-state index in [9.17, 15) is 9.90 Å². The molecule has 0 bridgehead atoms. The lowest BCUT2D eigenvalue weighted by molar-refractivity contribution is -0.136. The number of carboxylic acid groups (broad SMARTS) is 1. The zero-order valence-corrected chi connectivity index (χ0v) is 14.4. The lowest BCUT2D eigenvalue weighted by atomic mass is 9.61. The van der Waals surface area contributed by atoms with Gasteiger partial charge in [-0.25, -0.2) is 0 Å². The Morgan fingerprint density at radius 2 is 1.76 bits per heavy atom. The molecule has 0 aliphatic heterocycles. The van der Waals surface area contributed by atoms with Crippen LogP contribution in [0.1, 0.15) is 61.3 Å². The number of carbonyl (C=O) groups is 1. The van der Waals surface area contributed by atoms with Crippen LogP contribution in [0.5, 0.6) is 0 Å². The lowest BCUT2D eigenvalue weighted by Gasteiger charge is -2.47. The van der Waals surface area contributed by atoms with Crippen molar-refractivity contribution in [2.75, 3.05) is 0 Å². The standard InChI is InChI=1S/C18H30O3/c1-16(2,3)13-10-12(8-9-15(19)20)11-14(17(4,5)6)18(13,7)21/h10-11,13,21H,8-9H2,1-7H3,(H,19,20). The Balaban J connectivity index is 3.29. The monoisotopic (exact) mass is 294 g/mol.